The maximum absolute atomic E-state index is 12.5. The lowest BCUT2D eigenvalue weighted by molar-refractivity contribution is -0.135. The van der Waals surface area contributed by atoms with E-state index in [1.165, 1.54) is 12.4 Å². The Hall–Kier alpha value is -3.94. The molecule has 0 fully saturated rings. The average molecular weight is 362 g/mol. The van der Waals surface area contributed by atoms with Gasteiger partial charge in [-0.1, -0.05) is 18.2 Å². The molecule has 0 saturated heterocycles. The Kier molecular flexibility index (Phi) is 3.92. The van der Waals surface area contributed by atoms with Crippen molar-refractivity contribution in [1.82, 2.24) is 20.3 Å². The van der Waals surface area contributed by atoms with Crippen LogP contribution >= 0.6 is 0 Å². The molecule has 4 N–H and O–H groups in total. The number of hydrogen-bond acceptors (Lipinski definition) is 5. The molecule has 0 bridgehead atoms. The highest BCUT2D eigenvalue weighted by atomic mass is 16.4. The second kappa shape index (κ2) is 6.41. The zero-order valence-corrected chi connectivity index (χ0v) is 13.9. The number of fused-ring (bicyclic) bond motifs is 2. The number of aromatic hydroxyl groups is 1. The monoisotopic (exact) mass is 362 g/mol. The van der Waals surface area contributed by atoms with Gasteiger partial charge in [0.2, 0.25) is 0 Å². The van der Waals surface area contributed by atoms with Crippen molar-refractivity contribution in [3.63, 3.8) is 0 Å². The van der Waals surface area contributed by atoms with Gasteiger partial charge in [-0.15, -0.1) is 0 Å². The van der Waals surface area contributed by atoms with Gasteiger partial charge in [-0.25, -0.2) is 0 Å². The molecule has 0 unspecified atom stereocenters. The van der Waals surface area contributed by atoms with Crippen LogP contribution in [0.5, 0.6) is 5.75 Å². The van der Waals surface area contributed by atoms with Crippen molar-refractivity contribution in [2.24, 2.45) is 0 Å². The van der Waals surface area contributed by atoms with Crippen molar-refractivity contribution in [2.75, 3.05) is 6.54 Å². The van der Waals surface area contributed by atoms with Crippen molar-refractivity contribution in [3.05, 3.63) is 54.4 Å². The van der Waals surface area contributed by atoms with E-state index >= 15 is 0 Å². The van der Waals surface area contributed by atoms with Gasteiger partial charge in [0.05, 0.1) is 11.2 Å². The Bertz CT molecular complexity index is 1170. The van der Waals surface area contributed by atoms with Crippen LogP contribution in [0.3, 0.4) is 0 Å². The van der Waals surface area contributed by atoms with Crippen LogP contribution in [-0.4, -0.2) is 43.6 Å². The molecule has 0 aliphatic carbocycles. The van der Waals surface area contributed by atoms with Gasteiger partial charge in [-0.2, -0.15) is 0 Å². The number of carbonyl (C=O) groups excluding carboxylic acids is 1. The van der Waals surface area contributed by atoms with E-state index in [1.807, 2.05) is 30.3 Å². The summed E-state index contributed by atoms with van der Waals surface area (Å²) >= 11 is 0. The van der Waals surface area contributed by atoms with Gasteiger partial charge in [0.25, 0.3) is 5.91 Å². The number of carboxylic acids is 1. The second-order valence-electron chi connectivity index (χ2n) is 5.92. The van der Waals surface area contributed by atoms with Crippen LogP contribution in [0, 0.1) is 0 Å². The molecule has 8 heteroatoms. The molecular formula is C19H14N4O4. The molecule has 0 saturated carbocycles. The molecule has 0 aliphatic heterocycles. The lowest BCUT2D eigenvalue weighted by Crippen LogP contribution is -2.29. The van der Waals surface area contributed by atoms with Gasteiger partial charge in [0.1, 0.15) is 23.4 Å². The summed E-state index contributed by atoms with van der Waals surface area (Å²) in [6.07, 6.45) is 2.88. The Morgan fingerprint density at radius 3 is 2.67 bits per heavy atom. The third-order valence-electron chi connectivity index (χ3n) is 4.18. The predicted molar refractivity (Wildman–Crippen MR) is 98.5 cm³/mol. The highest BCUT2D eigenvalue weighted by Crippen LogP contribution is 2.37. The van der Waals surface area contributed by atoms with Crippen LogP contribution in [0.15, 0.2) is 48.8 Å². The molecular weight excluding hydrogens is 348 g/mol. The van der Waals surface area contributed by atoms with Gasteiger partial charge in [-0.3, -0.25) is 19.6 Å². The average Bonchev–Trinajstić information content (AvgIpc) is 3.09. The number of rotatable bonds is 4. The van der Waals surface area contributed by atoms with E-state index in [0.29, 0.717) is 16.8 Å². The number of aromatic amines is 1. The first-order chi connectivity index (χ1) is 13.0. The Morgan fingerprint density at radius 2 is 1.89 bits per heavy atom. The molecule has 0 radical (unpaired) electrons. The minimum atomic E-state index is -1.19. The fourth-order valence-electron chi connectivity index (χ4n) is 2.98. The number of H-pyrrole nitrogens is 1. The van der Waals surface area contributed by atoms with Gasteiger partial charge in [0, 0.05) is 28.9 Å². The molecule has 0 atom stereocenters. The zero-order chi connectivity index (χ0) is 19.0. The number of amides is 1. The number of aromatic nitrogens is 3. The SMILES string of the molecule is O=C(O)CNC(=O)c1c(O)c(-c2cc3ccccc3[nH]2)cc2nccnc12. The Balaban J connectivity index is 1.92. The van der Waals surface area contributed by atoms with Crippen molar-refractivity contribution >= 4 is 33.8 Å². The quantitative estimate of drug-likeness (QED) is 0.441. The van der Waals surface area contributed by atoms with Gasteiger partial charge in [0.15, 0.2) is 0 Å². The lowest BCUT2D eigenvalue weighted by Gasteiger charge is -2.11. The topological polar surface area (TPSA) is 128 Å². The van der Waals surface area contributed by atoms with Gasteiger partial charge >= 0.3 is 5.97 Å². The van der Waals surface area contributed by atoms with E-state index in [1.54, 1.807) is 6.07 Å². The summed E-state index contributed by atoms with van der Waals surface area (Å²) in [5.41, 5.74) is 2.34. The van der Waals surface area contributed by atoms with E-state index in [9.17, 15) is 14.7 Å². The number of benzene rings is 2. The third-order valence-corrected chi connectivity index (χ3v) is 4.18. The number of phenols is 1. The summed E-state index contributed by atoms with van der Waals surface area (Å²) in [7, 11) is 0. The number of para-hydroxylation sites is 1. The zero-order valence-electron chi connectivity index (χ0n) is 13.9. The van der Waals surface area contributed by atoms with E-state index in [-0.39, 0.29) is 16.8 Å². The normalized spacial score (nSPS) is 11.0. The van der Waals surface area contributed by atoms with Crippen LogP contribution in [0.2, 0.25) is 0 Å². The molecule has 0 spiro atoms. The van der Waals surface area contributed by atoms with E-state index in [4.69, 9.17) is 5.11 Å². The van der Waals surface area contributed by atoms with E-state index in [2.05, 4.69) is 20.3 Å². The van der Waals surface area contributed by atoms with Crippen molar-refractivity contribution in [2.45, 2.75) is 0 Å². The van der Waals surface area contributed by atoms with Crippen molar-refractivity contribution in [1.29, 1.82) is 0 Å². The summed E-state index contributed by atoms with van der Waals surface area (Å²) in [6.45, 7) is -0.573. The number of phenolic OH excluding ortho intramolecular Hbond substituents is 1. The van der Waals surface area contributed by atoms with Crippen LogP contribution in [-0.2, 0) is 4.79 Å². The van der Waals surface area contributed by atoms with Gasteiger partial charge in [-0.05, 0) is 18.2 Å². The molecule has 8 nitrogen and oxygen atoms in total. The number of carboxylic acid groups (broad SMARTS) is 1. The van der Waals surface area contributed by atoms with Crippen LogP contribution in [0.1, 0.15) is 10.4 Å². The molecule has 27 heavy (non-hydrogen) atoms. The molecule has 1 amide bonds. The molecule has 2 aromatic carbocycles. The minimum absolute atomic E-state index is 0.115. The largest absolute Gasteiger partial charge is 0.506 e. The highest BCUT2D eigenvalue weighted by Gasteiger charge is 2.22. The number of hydrogen-bond donors (Lipinski definition) is 4. The maximum atomic E-state index is 12.5. The summed E-state index contributed by atoms with van der Waals surface area (Å²) in [6, 6.07) is 11.1. The first kappa shape index (κ1) is 16.5. The maximum Gasteiger partial charge on any atom is 0.322 e. The number of nitrogens with one attached hydrogen (secondary N) is 2. The van der Waals surface area contributed by atoms with Gasteiger partial charge < -0.3 is 20.5 Å². The summed E-state index contributed by atoms with van der Waals surface area (Å²) in [5, 5.41) is 22.8. The molecule has 0 aliphatic rings. The first-order valence-electron chi connectivity index (χ1n) is 8.09. The molecule has 4 aromatic rings. The third kappa shape index (κ3) is 2.93. The van der Waals surface area contributed by atoms with E-state index in [0.717, 1.165) is 10.9 Å². The number of aliphatic carboxylic acids is 1. The second-order valence-corrected chi connectivity index (χ2v) is 5.92. The summed E-state index contributed by atoms with van der Waals surface area (Å²) in [5.74, 6) is -2.22. The predicted octanol–water partition coefficient (Wildman–Crippen LogP) is 2.30. The fourth-order valence-corrected chi connectivity index (χ4v) is 2.98. The lowest BCUT2D eigenvalue weighted by atomic mass is 10.0. The minimum Gasteiger partial charge on any atom is -0.506 e. The van der Waals surface area contributed by atoms with Crippen LogP contribution in [0.4, 0.5) is 0 Å². The molecule has 134 valence electrons. The molecule has 2 heterocycles. The van der Waals surface area contributed by atoms with E-state index < -0.39 is 18.4 Å². The Morgan fingerprint density at radius 1 is 1.11 bits per heavy atom. The summed E-state index contributed by atoms with van der Waals surface area (Å²) in [4.78, 5) is 34.8. The van der Waals surface area contributed by atoms with Crippen molar-refractivity contribution < 1.29 is 19.8 Å². The van der Waals surface area contributed by atoms with Crippen LogP contribution in [0.25, 0.3) is 33.2 Å². The number of nitrogens with zero attached hydrogens (tertiary/aromatic N) is 2. The molecule has 2 aromatic heterocycles. The highest BCUT2D eigenvalue weighted by molar-refractivity contribution is 6.10. The molecule has 4 rings (SSSR count). The standard InChI is InChI=1S/C19H14N4O4/c24-15(25)9-22-19(27)16-17-14(20-5-6-21-17)8-11(18(16)26)13-7-10-3-1-2-4-12(10)23-13/h1-8,23,26H,9H2,(H,22,27)(H,24,25). The smallest absolute Gasteiger partial charge is 0.322 e. The first-order valence-corrected chi connectivity index (χ1v) is 8.09. The summed E-state index contributed by atoms with van der Waals surface area (Å²) < 4.78 is 0. The van der Waals surface area contributed by atoms with Crippen LogP contribution < -0.4 is 5.32 Å². The number of carbonyl (C=O) groups is 2. The van der Waals surface area contributed by atoms with Crippen molar-refractivity contribution in [3.8, 4) is 17.0 Å². The fraction of sp³-hybridized carbons (Fsp3) is 0.0526. The Labute approximate surface area is 152 Å².